The van der Waals surface area contributed by atoms with E-state index in [-0.39, 0.29) is 0 Å². The predicted molar refractivity (Wildman–Crippen MR) is 75.0 cm³/mol. The second-order valence-electron chi connectivity index (χ2n) is 4.79. The Balaban J connectivity index is 2.48. The smallest absolute Gasteiger partial charge is 0.125 e. The number of piperidine rings is 1. The Kier molecular flexibility index (Phi) is 4.10. The summed E-state index contributed by atoms with van der Waals surface area (Å²) in [7, 11) is 1.77. The topological polar surface area (TPSA) is 21.3 Å². The van der Waals surface area contributed by atoms with Gasteiger partial charge in [0, 0.05) is 22.5 Å². The Labute approximate surface area is 112 Å². The number of aryl methyl sites for hydroxylation is 1. The molecule has 17 heavy (non-hydrogen) atoms. The first-order chi connectivity index (χ1) is 8.15. The standard InChI is InChI=1S/C14H20BrNO/c1-9-7-12(15)10(2)13(14(9)17-3)11-5-4-6-16-8-11/h7,11,16H,4-6,8H2,1-3H3. The van der Waals surface area contributed by atoms with Crippen molar-refractivity contribution in [1.29, 1.82) is 0 Å². The lowest BCUT2D eigenvalue weighted by Crippen LogP contribution is -2.29. The van der Waals surface area contributed by atoms with E-state index in [1.165, 1.54) is 34.0 Å². The van der Waals surface area contributed by atoms with E-state index in [2.05, 4.69) is 41.2 Å². The summed E-state index contributed by atoms with van der Waals surface area (Å²) in [5.74, 6) is 1.65. The van der Waals surface area contributed by atoms with Gasteiger partial charge in [0.15, 0.2) is 0 Å². The molecule has 3 heteroatoms. The predicted octanol–water partition coefficient (Wildman–Crippen LogP) is 3.54. The van der Waals surface area contributed by atoms with Crippen LogP contribution in [0, 0.1) is 13.8 Å². The molecule has 1 aliphatic heterocycles. The zero-order valence-corrected chi connectivity index (χ0v) is 12.4. The summed E-state index contributed by atoms with van der Waals surface area (Å²) in [6, 6.07) is 2.15. The van der Waals surface area contributed by atoms with Gasteiger partial charge in [-0.1, -0.05) is 15.9 Å². The van der Waals surface area contributed by atoms with Crippen molar-refractivity contribution >= 4 is 15.9 Å². The average molecular weight is 298 g/mol. The maximum absolute atomic E-state index is 5.62. The van der Waals surface area contributed by atoms with Crippen LogP contribution in [0.4, 0.5) is 0 Å². The Bertz CT molecular complexity index is 411. The van der Waals surface area contributed by atoms with Gasteiger partial charge in [0.25, 0.3) is 0 Å². The summed E-state index contributed by atoms with van der Waals surface area (Å²) in [5, 5.41) is 3.48. The third kappa shape index (κ3) is 2.50. The minimum Gasteiger partial charge on any atom is -0.496 e. The van der Waals surface area contributed by atoms with Crippen LogP contribution in [0.2, 0.25) is 0 Å². The third-order valence-electron chi connectivity index (χ3n) is 3.62. The first-order valence-electron chi connectivity index (χ1n) is 6.19. The van der Waals surface area contributed by atoms with Gasteiger partial charge in [-0.2, -0.15) is 0 Å². The molecule has 1 saturated heterocycles. The fourth-order valence-corrected chi connectivity index (χ4v) is 3.29. The molecule has 1 fully saturated rings. The van der Waals surface area contributed by atoms with E-state index < -0.39 is 0 Å². The molecule has 1 unspecified atom stereocenters. The quantitative estimate of drug-likeness (QED) is 0.901. The van der Waals surface area contributed by atoms with Crippen LogP contribution in [0.3, 0.4) is 0 Å². The molecule has 0 radical (unpaired) electrons. The van der Waals surface area contributed by atoms with E-state index >= 15 is 0 Å². The molecule has 2 nitrogen and oxygen atoms in total. The van der Waals surface area contributed by atoms with Gasteiger partial charge in [-0.3, -0.25) is 0 Å². The molecule has 0 spiro atoms. The highest BCUT2D eigenvalue weighted by molar-refractivity contribution is 9.10. The van der Waals surface area contributed by atoms with E-state index in [1.807, 2.05) is 0 Å². The molecule has 94 valence electrons. The van der Waals surface area contributed by atoms with Gasteiger partial charge >= 0.3 is 0 Å². The molecule has 1 aromatic carbocycles. The SMILES string of the molecule is COc1c(C)cc(Br)c(C)c1C1CCCNC1. The largest absolute Gasteiger partial charge is 0.496 e. The highest BCUT2D eigenvalue weighted by Gasteiger charge is 2.23. The minimum atomic E-state index is 0.579. The van der Waals surface area contributed by atoms with Crippen molar-refractivity contribution in [2.24, 2.45) is 0 Å². The van der Waals surface area contributed by atoms with Crippen LogP contribution >= 0.6 is 15.9 Å². The second kappa shape index (κ2) is 5.40. The Morgan fingerprint density at radius 3 is 2.76 bits per heavy atom. The number of ether oxygens (including phenoxy) is 1. The van der Waals surface area contributed by atoms with Gasteiger partial charge in [0.1, 0.15) is 5.75 Å². The Morgan fingerprint density at radius 1 is 1.41 bits per heavy atom. The van der Waals surface area contributed by atoms with Gasteiger partial charge in [0.2, 0.25) is 0 Å². The fraction of sp³-hybridized carbons (Fsp3) is 0.571. The van der Waals surface area contributed by atoms with Crippen molar-refractivity contribution in [1.82, 2.24) is 5.32 Å². The molecule has 0 aliphatic carbocycles. The number of hydrogen-bond donors (Lipinski definition) is 1. The van der Waals surface area contributed by atoms with Crippen LogP contribution < -0.4 is 10.1 Å². The lowest BCUT2D eigenvalue weighted by molar-refractivity contribution is 0.388. The summed E-state index contributed by atoms with van der Waals surface area (Å²) in [4.78, 5) is 0. The van der Waals surface area contributed by atoms with Gasteiger partial charge in [-0.05, 0) is 50.4 Å². The number of hydrogen-bond acceptors (Lipinski definition) is 2. The second-order valence-corrected chi connectivity index (χ2v) is 5.64. The van der Waals surface area contributed by atoms with Crippen molar-refractivity contribution in [2.45, 2.75) is 32.6 Å². The molecule has 1 N–H and O–H groups in total. The zero-order valence-electron chi connectivity index (χ0n) is 10.8. The van der Waals surface area contributed by atoms with Gasteiger partial charge in [-0.15, -0.1) is 0 Å². The van der Waals surface area contributed by atoms with Crippen molar-refractivity contribution in [3.8, 4) is 5.75 Å². The monoisotopic (exact) mass is 297 g/mol. The van der Waals surface area contributed by atoms with E-state index in [1.54, 1.807) is 7.11 Å². The molecule has 2 rings (SSSR count). The van der Waals surface area contributed by atoms with Crippen molar-refractivity contribution in [2.75, 3.05) is 20.2 Å². The molecule has 1 aliphatic rings. The molecular weight excluding hydrogens is 278 g/mol. The van der Waals surface area contributed by atoms with Gasteiger partial charge in [-0.25, -0.2) is 0 Å². The average Bonchev–Trinajstić information content (AvgIpc) is 2.34. The summed E-state index contributed by atoms with van der Waals surface area (Å²) in [6.45, 7) is 6.50. The first-order valence-corrected chi connectivity index (χ1v) is 6.98. The molecule has 0 amide bonds. The molecule has 1 atom stereocenters. The fourth-order valence-electron chi connectivity index (χ4n) is 2.74. The molecular formula is C14H20BrNO. The van der Waals surface area contributed by atoms with E-state index in [4.69, 9.17) is 4.74 Å². The summed E-state index contributed by atoms with van der Waals surface area (Å²) >= 11 is 3.65. The maximum atomic E-state index is 5.62. The lowest BCUT2D eigenvalue weighted by atomic mass is 9.87. The van der Waals surface area contributed by atoms with Crippen molar-refractivity contribution in [3.63, 3.8) is 0 Å². The summed E-state index contributed by atoms with van der Waals surface area (Å²) < 4.78 is 6.81. The van der Waals surface area contributed by atoms with Crippen molar-refractivity contribution < 1.29 is 4.74 Å². The van der Waals surface area contributed by atoms with Crippen molar-refractivity contribution in [3.05, 3.63) is 27.2 Å². The van der Waals surface area contributed by atoms with E-state index in [0.717, 1.165) is 18.8 Å². The Morgan fingerprint density at radius 2 is 2.18 bits per heavy atom. The third-order valence-corrected chi connectivity index (χ3v) is 4.44. The summed E-state index contributed by atoms with van der Waals surface area (Å²) in [5.41, 5.74) is 3.92. The zero-order chi connectivity index (χ0) is 12.4. The molecule has 0 aromatic heterocycles. The maximum Gasteiger partial charge on any atom is 0.125 e. The van der Waals surface area contributed by atoms with Crippen LogP contribution in [-0.2, 0) is 0 Å². The molecule has 1 heterocycles. The van der Waals surface area contributed by atoms with Gasteiger partial charge < -0.3 is 10.1 Å². The van der Waals surface area contributed by atoms with Crippen LogP contribution in [0.25, 0.3) is 0 Å². The van der Waals surface area contributed by atoms with E-state index in [0.29, 0.717) is 5.92 Å². The normalized spacial score (nSPS) is 20.4. The number of halogens is 1. The number of rotatable bonds is 2. The van der Waals surface area contributed by atoms with Crippen LogP contribution in [0.15, 0.2) is 10.5 Å². The lowest BCUT2D eigenvalue weighted by Gasteiger charge is -2.27. The first kappa shape index (κ1) is 12.9. The minimum absolute atomic E-state index is 0.579. The van der Waals surface area contributed by atoms with Gasteiger partial charge in [0.05, 0.1) is 7.11 Å². The highest BCUT2D eigenvalue weighted by atomic mass is 79.9. The van der Waals surface area contributed by atoms with E-state index in [9.17, 15) is 0 Å². The number of methoxy groups -OCH3 is 1. The molecule has 0 bridgehead atoms. The van der Waals surface area contributed by atoms with Crippen LogP contribution in [0.5, 0.6) is 5.75 Å². The number of benzene rings is 1. The molecule has 1 aromatic rings. The number of nitrogens with one attached hydrogen (secondary N) is 1. The van der Waals surface area contributed by atoms with Crippen LogP contribution in [-0.4, -0.2) is 20.2 Å². The molecule has 0 saturated carbocycles. The summed E-state index contributed by atoms with van der Waals surface area (Å²) in [6.07, 6.45) is 2.50. The highest BCUT2D eigenvalue weighted by Crippen LogP contribution is 2.39. The Hall–Kier alpha value is -0.540. The van der Waals surface area contributed by atoms with Crippen LogP contribution in [0.1, 0.15) is 35.4 Å².